The minimum atomic E-state index is -0.565. The Hall–Kier alpha value is -0.990. The smallest absolute Gasteiger partial charge is 0.334 e. The van der Waals surface area contributed by atoms with E-state index in [2.05, 4.69) is 20.8 Å². The van der Waals surface area contributed by atoms with Gasteiger partial charge in [0, 0.05) is 11.0 Å². The van der Waals surface area contributed by atoms with E-state index in [9.17, 15) is 9.90 Å². The van der Waals surface area contributed by atoms with Gasteiger partial charge >= 0.3 is 5.97 Å². The summed E-state index contributed by atoms with van der Waals surface area (Å²) in [7, 11) is 0. The van der Waals surface area contributed by atoms with Crippen LogP contribution in [0.5, 0.6) is 0 Å². The first kappa shape index (κ1) is 16.8. The molecule has 2 spiro atoms. The van der Waals surface area contributed by atoms with Gasteiger partial charge in [-0.15, -0.1) is 0 Å². The van der Waals surface area contributed by atoms with Gasteiger partial charge in [-0.2, -0.15) is 0 Å². The van der Waals surface area contributed by atoms with Crippen LogP contribution in [-0.2, 0) is 28.5 Å². The Labute approximate surface area is 163 Å². The number of hydrogen-bond acceptors (Lipinski definition) is 7. The van der Waals surface area contributed by atoms with Crippen LogP contribution in [0.3, 0.4) is 0 Å². The van der Waals surface area contributed by atoms with Crippen LogP contribution >= 0.6 is 0 Å². The molecule has 0 bridgehead atoms. The Morgan fingerprint density at radius 1 is 1.25 bits per heavy atom. The van der Waals surface area contributed by atoms with Crippen molar-refractivity contribution in [1.82, 2.24) is 0 Å². The summed E-state index contributed by atoms with van der Waals surface area (Å²) in [5.41, 5.74) is 0.383. The fourth-order valence-electron chi connectivity index (χ4n) is 7.99. The standard InChI is InChI=1S/C21H26O7/c1-9(2)19-14(27-19)15-21(28-15)18(3)5-4-10-11(7-24-16(10)23)12(18)6-13-20(21,26-13)17(19)25-8-22/h9,12-15,17,22H,4-8H2,1-3H3/t12-,13-,14-,15-,17+,18-,19-,20+,21+/m0/s1. The molecule has 7 aliphatic rings. The summed E-state index contributed by atoms with van der Waals surface area (Å²) in [6.07, 6.45) is 2.06. The average molecular weight is 390 g/mol. The number of cyclic esters (lactones) is 1. The topological polar surface area (TPSA) is 93.4 Å². The minimum absolute atomic E-state index is 0.00421. The van der Waals surface area contributed by atoms with Crippen LogP contribution in [0.1, 0.15) is 40.0 Å². The molecule has 4 aliphatic heterocycles. The van der Waals surface area contributed by atoms with Gasteiger partial charge in [0.2, 0.25) is 0 Å². The fraction of sp³-hybridized carbons (Fsp3) is 0.857. The predicted octanol–water partition coefficient (Wildman–Crippen LogP) is 1.08. The zero-order valence-electron chi connectivity index (χ0n) is 16.4. The summed E-state index contributed by atoms with van der Waals surface area (Å²) >= 11 is 0. The molecule has 1 N–H and O–H groups in total. The second kappa shape index (κ2) is 4.52. The molecule has 0 aromatic heterocycles. The van der Waals surface area contributed by atoms with Gasteiger partial charge in [0.15, 0.2) is 5.60 Å². The van der Waals surface area contributed by atoms with Crippen molar-refractivity contribution in [3.05, 3.63) is 11.1 Å². The quantitative estimate of drug-likeness (QED) is 0.438. The van der Waals surface area contributed by atoms with Gasteiger partial charge in [-0.25, -0.2) is 4.79 Å². The van der Waals surface area contributed by atoms with Crippen LogP contribution in [-0.4, -0.2) is 65.7 Å². The van der Waals surface area contributed by atoms with E-state index in [0.717, 1.165) is 30.4 Å². The van der Waals surface area contributed by atoms with Gasteiger partial charge in [-0.1, -0.05) is 20.8 Å². The molecule has 4 heterocycles. The second-order valence-corrected chi connectivity index (χ2v) is 10.2. The Morgan fingerprint density at radius 3 is 2.82 bits per heavy atom. The third-order valence-electron chi connectivity index (χ3n) is 9.31. The summed E-state index contributed by atoms with van der Waals surface area (Å²) in [4.78, 5) is 12.2. The van der Waals surface area contributed by atoms with E-state index in [-0.39, 0.29) is 54.4 Å². The van der Waals surface area contributed by atoms with E-state index in [4.69, 9.17) is 23.7 Å². The van der Waals surface area contributed by atoms with Crippen molar-refractivity contribution in [2.45, 2.75) is 81.3 Å². The number of fused-ring (bicyclic) bond motifs is 4. The lowest BCUT2D eigenvalue weighted by Gasteiger charge is -2.53. The molecule has 7 nitrogen and oxygen atoms in total. The number of esters is 1. The minimum Gasteiger partial charge on any atom is -0.458 e. The normalized spacial score (nSPS) is 59.5. The predicted molar refractivity (Wildman–Crippen MR) is 93.0 cm³/mol. The highest BCUT2D eigenvalue weighted by molar-refractivity contribution is 5.92. The number of hydrogen-bond donors (Lipinski definition) is 1. The molecule has 9 atom stereocenters. The molecule has 5 fully saturated rings. The Morgan fingerprint density at radius 2 is 2.07 bits per heavy atom. The van der Waals surface area contributed by atoms with Crippen molar-refractivity contribution in [3.8, 4) is 0 Å². The Balaban J connectivity index is 1.38. The van der Waals surface area contributed by atoms with E-state index in [1.165, 1.54) is 0 Å². The molecule has 3 aliphatic carbocycles. The number of carbonyl (C=O) groups excluding carboxylic acids is 1. The van der Waals surface area contributed by atoms with Gasteiger partial charge in [-0.05, 0) is 36.7 Å². The van der Waals surface area contributed by atoms with Crippen LogP contribution in [0, 0.1) is 17.3 Å². The summed E-state index contributed by atoms with van der Waals surface area (Å²) in [6.45, 7) is 6.63. The number of aliphatic hydroxyl groups excluding tert-OH is 1. The molecular weight excluding hydrogens is 364 g/mol. The van der Waals surface area contributed by atoms with Crippen molar-refractivity contribution in [2.24, 2.45) is 17.3 Å². The van der Waals surface area contributed by atoms with Gasteiger partial charge < -0.3 is 28.8 Å². The third kappa shape index (κ3) is 1.39. The summed E-state index contributed by atoms with van der Waals surface area (Å²) in [6, 6.07) is 0. The molecule has 28 heavy (non-hydrogen) atoms. The van der Waals surface area contributed by atoms with Crippen molar-refractivity contribution in [1.29, 1.82) is 0 Å². The molecule has 0 aromatic rings. The van der Waals surface area contributed by atoms with Crippen LogP contribution < -0.4 is 0 Å². The maximum atomic E-state index is 12.2. The van der Waals surface area contributed by atoms with E-state index < -0.39 is 16.8 Å². The zero-order valence-corrected chi connectivity index (χ0v) is 16.4. The van der Waals surface area contributed by atoms with E-state index in [1.807, 2.05) is 0 Å². The largest absolute Gasteiger partial charge is 0.458 e. The lowest BCUT2D eigenvalue weighted by Crippen LogP contribution is -2.69. The van der Waals surface area contributed by atoms with E-state index in [0.29, 0.717) is 6.61 Å². The van der Waals surface area contributed by atoms with Crippen molar-refractivity contribution in [3.63, 3.8) is 0 Å². The number of ether oxygens (including phenoxy) is 5. The number of carbonyl (C=O) groups is 1. The van der Waals surface area contributed by atoms with E-state index >= 15 is 0 Å². The first-order valence-electron chi connectivity index (χ1n) is 10.5. The van der Waals surface area contributed by atoms with Crippen LogP contribution in [0.2, 0.25) is 0 Å². The van der Waals surface area contributed by atoms with Gasteiger partial charge in [0.1, 0.15) is 42.9 Å². The lowest BCUT2D eigenvalue weighted by molar-refractivity contribution is -0.157. The highest BCUT2D eigenvalue weighted by Crippen LogP contribution is 2.83. The molecule has 3 saturated heterocycles. The van der Waals surface area contributed by atoms with Crippen LogP contribution in [0.15, 0.2) is 11.1 Å². The average Bonchev–Trinajstić information content (AvgIpc) is 3.54. The Kier molecular flexibility index (Phi) is 2.71. The molecule has 0 unspecified atom stereocenters. The van der Waals surface area contributed by atoms with Gasteiger partial charge in [0.05, 0.1) is 6.10 Å². The molecule has 0 amide bonds. The fourth-order valence-corrected chi connectivity index (χ4v) is 7.99. The molecule has 2 saturated carbocycles. The van der Waals surface area contributed by atoms with Crippen molar-refractivity contribution in [2.75, 3.05) is 13.4 Å². The van der Waals surface area contributed by atoms with Gasteiger partial charge in [0.25, 0.3) is 0 Å². The lowest BCUT2D eigenvalue weighted by atomic mass is 9.46. The number of rotatable bonds is 3. The molecule has 0 radical (unpaired) electrons. The molecule has 0 aromatic carbocycles. The highest BCUT2D eigenvalue weighted by Gasteiger charge is 3.00. The van der Waals surface area contributed by atoms with Crippen molar-refractivity contribution < 1.29 is 33.6 Å². The highest BCUT2D eigenvalue weighted by atomic mass is 16.8. The van der Waals surface area contributed by atoms with Crippen molar-refractivity contribution >= 4 is 5.97 Å². The summed E-state index contributed by atoms with van der Waals surface area (Å²) in [5, 5.41) is 9.69. The molecular formula is C21H26O7. The first-order chi connectivity index (χ1) is 13.4. The first-order valence-corrected chi connectivity index (χ1v) is 10.5. The maximum absolute atomic E-state index is 12.2. The molecule has 7 rings (SSSR count). The SMILES string of the molecule is CC(C)[C@]12O[C@H]1[C@@H]1O[C@]13[C@]1(O[C@H]1C[C@H]1C4=C(CC[C@@]13C)C(=O)OC4)[C@@H]2OCO. The maximum Gasteiger partial charge on any atom is 0.334 e. The molecule has 7 heteroatoms. The zero-order chi connectivity index (χ0) is 19.3. The summed E-state index contributed by atoms with van der Waals surface area (Å²) < 4.78 is 30.8. The number of aliphatic hydroxyl groups is 1. The third-order valence-corrected chi connectivity index (χ3v) is 9.31. The van der Waals surface area contributed by atoms with Gasteiger partial charge in [-0.3, -0.25) is 0 Å². The Bertz CT molecular complexity index is 852. The summed E-state index contributed by atoms with van der Waals surface area (Å²) in [5.74, 6) is 0.307. The van der Waals surface area contributed by atoms with Crippen LogP contribution in [0.4, 0.5) is 0 Å². The number of epoxide rings is 3. The van der Waals surface area contributed by atoms with Crippen LogP contribution in [0.25, 0.3) is 0 Å². The second-order valence-electron chi connectivity index (χ2n) is 10.2. The van der Waals surface area contributed by atoms with E-state index in [1.54, 1.807) is 0 Å². The monoisotopic (exact) mass is 390 g/mol. The molecule has 152 valence electrons.